The fourth-order valence-corrected chi connectivity index (χ4v) is 3.05. The molecule has 1 rings (SSSR count). The monoisotopic (exact) mass is 400 g/mol. The van der Waals surface area contributed by atoms with E-state index in [0.717, 1.165) is 4.90 Å². The second kappa shape index (κ2) is 7.97. The molecule has 9 heteroatoms. The third-order valence-electron chi connectivity index (χ3n) is 4.01. The third kappa shape index (κ3) is 6.69. The minimum atomic E-state index is -1.32. The number of alkyl carbamates (subject to hydrolysis) is 1. The van der Waals surface area contributed by atoms with E-state index in [-0.39, 0.29) is 12.8 Å². The van der Waals surface area contributed by atoms with Crippen LogP contribution in [-0.4, -0.2) is 56.9 Å². The largest absolute Gasteiger partial charge is 0.480 e. The molecular weight excluding hydrogens is 368 g/mol. The van der Waals surface area contributed by atoms with Crippen LogP contribution in [0.4, 0.5) is 9.59 Å². The maximum Gasteiger partial charge on any atom is 0.417 e. The molecule has 2 N–H and O–H groups in total. The summed E-state index contributed by atoms with van der Waals surface area (Å²) >= 11 is 0. The fraction of sp³-hybridized carbons (Fsp3) is 0.789. The van der Waals surface area contributed by atoms with E-state index in [9.17, 15) is 24.3 Å². The Morgan fingerprint density at radius 3 is 2.07 bits per heavy atom. The molecule has 0 aliphatic carbocycles. The number of carbonyl (C=O) groups excluding carboxylic acids is 3. The summed E-state index contributed by atoms with van der Waals surface area (Å²) in [6.07, 6.45) is -1.55. The van der Waals surface area contributed by atoms with Gasteiger partial charge in [-0.1, -0.05) is 0 Å². The number of rotatable bonds is 4. The van der Waals surface area contributed by atoms with Crippen LogP contribution in [-0.2, 0) is 19.1 Å². The van der Waals surface area contributed by atoms with Crippen LogP contribution in [0.25, 0.3) is 0 Å². The van der Waals surface area contributed by atoms with Crippen molar-refractivity contribution in [3.63, 3.8) is 0 Å². The normalized spacial score (nSPS) is 20.5. The summed E-state index contributed by atoms with van der Waals surface area (Å²) < 4.78 is 10.4. The maximum absolute atomic E-state index is 12.8. The molecule has 3 amide bonds. The second-order valence-electron chi connectivity index (χ2n) is 9.64. The molecule has 1 unspecified atom stereocenters. The summed E-state index contributed by atoms with van der Waals surface area (Å²) in [6, 6.07) is -1.32. The Balaban J connectivity index is 2.92. The minimum absolute atomic E-state index is 0.157. The molecule has 0 radical (unpaired) electrons. The number of ether oxygens (including phenoxy) is 2. The lowest BCUT2D eigenvalue weighted by atomic mass is 9.91. The SMILES string of the molecule is CC(C)(C)OC(=O)N[C@@H](CC1CC(C)(C)N(C(=O)OC(C)(C)C)C1=O)C(=O)O. The summed E-state index contributed by atoms with van der Waals surface area (Å²) in [7, 11) is 0. The Hall–Kier alpha value is -2.32. The van der Waals surface area contributed by atoms with Crippen LogP contribution < -0.4 is 5.32 Å². The van der Waals surface area contributed by atoms with Crippen LogP contribution in [0.15, 0.2) is 0 Å². The van der Waals surface area contributed by atoms with Gasteiger partial charge in [0, 0.05) is 11.5 Å². The highest BCUT2D eigenvalue weighted by Crippen LogP contribution is 2.37. The van der Waals surface area contributed by atoms with E-state index in [4.69, 9.17) is 9.47 Å². The average Bonchev–Trinajstić information content (AvgIpc) is 2.62. The molecule has 0 aromatic heterocycles. The molecule has 1 saturated heterocycles. The molecule has 0 aromatic carbocycles. The molecule has 1 aliphatic heterocycles. The van der Waals surface area contributed by atoms with Crippen LogP contribution in [0, 0.1) is 5.92 Å². The van der Waals surface area contributed by atoms with Crippen molar-refractivity contribution in [1.82, 2.24) is 10.2 Å². The zero-order chi connectivity index (χ0) is 22.1. The second-order valence-corrected chi connectivity index (χ2v) is 9.64. The van der Waals surface area contributed by atoms with Crippen molar-refractivity contribution < 1.29 is 33.8 Å². The van der Waals surface area contributed by atoms with E-state index in [0.29, 0.717) is 0 Å². The topological polar surface area (TPSA) is 122 Å². The number of carboxylic acids is 1. The van der Waals surface area contributed by atoms with Gasteiger partial charge in [-0.25, -0.2) is 19.3 Å². The Labute approximate surface area is 165 Å². The van der Waals surface area contributed by atoms with E-state index >= 15 is 0 Å². The molecule has 2 atom stereocenters. The summed E-state index contributed by atoms with van der Waals surface area (Å²) in [5.41, 5.74) is -2.39. The van der Waals surface area contributed by atoms with Gasteiger partial charge in [0.25, 0.3) is 0 Å². The number of carbonyl (C=O) groups is 4. The zero-order valence-electron chi connectivity index (χ0n) is 17.9. The van der Waals surface area contributed by atoms with Gasteiger partial charge < -0.3 is 19.9 Å². The molecule has 1 fully saturated rings. The van der Waals surface area contributed by atoms with Crippen molar-refractivity contribution in [2.24, 2.45) is 5.92 Å². The molecule has 0 aromatic rings. The average molecular weight is 400 g/mol. The quantitative estimate of drug-likeness (QED) is 0.744. The number of aliphatic carboxylic acids is 1. The predicted molar refractivity (Wildman–Crippen MR) is 101 cm³/mol. The van der Waals surface area contributed by atoms with Gasteiger partial charge in [0.15, 0.2) is 0 Å². The van der Waals surface area contributed by atoms with Crippen molar-refractivity contribution in [2.75, 3.05) is 0 Å². The third-order valence-corrected chi connectivity index (χ3v) is 4.01. The number of carboxylic acid groups (broad SMARTS) is 1. The van der Waals surface area contributed by atoms with Crippen LogP contribution in [0.1, 0.15) is 68.2 Å². The van der Waals surface area contributed by atoms with Gasteiger partial charge in [-0.05, 0) is 68.2 Å². The van der Waals surface area contributed by atoms with E-state index in [1.807, 2.05) is 0 Å². The highest BCUT2D eigenvalue weighted by atomic mass is 16.6. The number of likely N-dealkylation sites (tertiary alicyclic amines) is 1. The molecular formula is C19H32N2O7. The van der Waals surface area contributed by atoms with Crippen molar-refractivity contribution in [2.45, 2.75) is 91.0 Å². The first-order chi connectivity index (χ1) is 12.4. The zero-order valence-corrected chi connectivity index (χ0v) is 17.9. The molecule has 0 saturated carbocycles. The van der Waals surface area contributed by atoms with Crippen LogP contribution >= 0.6 is 0 Å². The summed E-state index contributed by atoms with van der Waals surface area (Å²) in [4.78, 5) is 49.8. The van der Waals surface area contributed by atoms with E-state index < -0.39 is 52.8 Å². The molecule has 0 spiro atoms. The van der Waals surface area contributed by atoms with Gasteiger partial charge in [0.1, 0.15) is 17.2 Å². The highest BCUT2D eigenvalue weighted by molar-refractivity contribution is 5.96. The number of imide groups is 1. The number of hydrogen-bond acceptors (Lipinski definition) is 6. The molecule has 9 nitrogen and oxygen atoms in total. The molecule has 28 heavy (non-hydrogen) atoms. The summed E-state index contributed by atoms with van der Waals surface area (Å²) in [5.74, 6) is -2.55. The molecule has 0 bridgehead atoms. The van der Waals surface area contributed by atoms with Crippen LogP contribution in [0.5, 0.6) is 0 Å². The lowest BCUT2D eigenvalue weighted by Crippen LogP contribution is -2.48. The molecule has 1 heterocycles. The van der Waals surface area contributed by atoms with Gasteiger partial charge in [-0.3, -0.25) is 4.79 Å². The standard InChI is InChI=1S/C19H32N2O7/c1-17(2,3)27-15(25)20-12(14(23)24)9-11-10-19(7,8)21(13(11)22)16(26)28-18(4,5)6/h11-12H,9-10H2,1-8H3,(H,20,25)(H,23,24)/t11?,12-/m0/s1. The fourth-order valence-electron chi connectivity index (χ4n) is 3.05. The van der Waals surface area contributed by atoms with Crippen molar-refractivity contribution >= 4 is 24.1 Å². The molecule has 160 valence electrons. The maximum atomic E-state index is 12.8. The number of nitrogens with one attached hydrogen (secondary N) is 1. The van der Waals surface area contributed by atoms with Gasteiger partial charge in [-0.2, -0.15) is 0 Å². The van der Waals surface area contributed by atoms with Crippen molar-refractivity contribution in [3.8, 4) is 0 Å². The Morgan fingerprint density at radius 2 is 1.64 bits per heavy atom. The highest BCUT2D eigenvalue weighted by Gasteiger charge is 2.50. The summed E-state index contributed by atoms with van der Waals surface area (Å²) in [6.45, 7) is 13.5. The minimum Gasteiger partial charge on any atom is -0.480 e. The van der Waals surface area contributed by atoms with Gasteiger partial charge in [0.2, 0.25) is 5.91 Å². The van der Waals surface area contributed by atoms with Crippen molar-refractivity contribution in [3.05, 3.63) is 0 Å². The number of hydrogen-bond donors (Lipinski definition) is 2. The smallest absolute Gasteiger partial charge is 0.417 e. The predicted octanol–water partition coefficient (Wildman–Crippen LogP) is 2.92. The summed E-state index contributed by atoms with van der Waals surface area (Å²) in [5, 5.41) is 11.7. The first-order valence-electron chi connectivity index (χ1n) is 9.22. The Kier molecular flexibility index (Phi) is 6.75. The molecule has 1 aliphatic rings. The van der Waals surface area contributed by atoms with E-state index in [1.54, 1.807) is 55.4 Å². The Morgan fingerprint density at radius 1 is 1.14 bits per heavy atom. The number of nitrogens with zero attached hydrogens (tertiary/aromatic N) is 1. The van der Waals surface area contributed by atoms with E-state index in [2.05, 4.69) is 5.32 Å². The van der Waals surface area contributed by atoms with Crippen LogP contribution in [0.3, 0.4) is 0 Å². The van der Waals surface area contributed by atoms with E-state index in [1.165, 1.54) is 0 Å². The number of amides is 3. The van der Waals surface area contributed by atoms with Crippen molar-refractivity contribution in [1.29, 1.82) is 0 Å². The lowest BCUT2D eigenvalue weighted by molar-refractivity contribution is -0.140. The van der Waals surface area contributed by atoms with Crippen LogP contribution in [0.2, 0.25) is 0 Å². The van der Waals surface area contributed by atoms with Gasteiger partial charge in [-0.15, -0.1) is 0 Å². The first kappa shape index (κ1) is 23.7. The lowest BCUT2D eigenvalue weighted by Gasteiger charge is -2.31. The first-order valence-corrected chi connectivity index (χ1v) is 9.22. The Bertz CT molecular complexity index is 644. The van der Waals surface area contributed by atoms with Gasteiger partial charge >= 0.3 is 18.2 Å². The van der Waals surface area contributed by atoms with Gasteiger partial charge in [0.05, 0.1) is 0 Å².